The Balaban J connectivity index is 0.000000257. The lowest BCUT2D eigenvalue weighted by Gasteiger charge is -2.32. The van der Waals surface area contributed by atoms with Gasteiger partial charge in [0.25, 0.3) is 0 Å². The zero-order chi connectivity index (χ0) is 46.9. The van der Waals surface area contributed by atoms with Crippen LogP contribution in [0.5, 0.6) is 0 Å². The van der Waals surface area contributed by atoms with Crippen molar-refractivity contribution >= 4 is 75.1 Å². The number of carbonyl (C=O) groups is 4. The van der Waals surface area contributed by atoms with Crippen LogP contribution in [0.3, 0.4) is 0 Å². The maximum Gasteiger partial charge on any atom is 0.497 e. The van der Waals surface area contributed by atoms with Gasteiger partial charge < -0.3 is 39.7 Å². The van der Waals surface area contributed by atoms with Crippen LogP contribution in [0.4, 0.5) is 31.5 Å². The van der Waals surface area contributed by atoms with Crippen molar-refractivity contribution < 1.29 is 66.1 Å². The molecule has 0 amide bonds. The van der Waals surface area contributed by atoms with Crippen LogP contribution in [0.15, 0.2) is 53.1 Å². The van der Waals surface area contributed by atoms with Crippen LogP contribution in [0, 0.1) is 31.9 Å². The van der Waals surface area contributed by atoms with Gasteiger partial charge >= 0.3 is 42.4 Å². The van der Waals surface area contributed by atoms with Gasteiger partial charge in [0.2, 0.25) is 11.4 Å². The number of anilines is 2. The summed E-state index contributed by atoms with van der Waals surface area (Å²) < 4.78 is 58.2. The van der Waals surface area contributed by atoms with Gasteiger partial charge in [-0.1, -0.05) is 0 Å². The maximum atomic E-state index is 13.9. The Labute approximate surface area is 360 Å². The number of nitrogens with two attached hydrogens (primary N) is 2. The number of rotatable bonds is 10. The molecule has 0 aliphatic carbocycles. The number of carbonyl (C=O) groups excluding carboxylic acids is 4. The summed E-state index contributed by atoms with van der Waals surface area (Å²) in [6, 6.07) is 8.93. The normalized spacial score (nSPS) is 13.3. The van der Waals surface area contributed by atoms with Crippen LogP contribution >= 0.6 is 15.9 Å². The quantitative estimate of drug-likeness (QED) is 0.0363. The van der Waals surface area contributed by atoms with E-state index in [4.69, 9.17) is 25.5 Å². The highest BCUT2D eigenvalue weighted by Gasteiger charge is 2.52. The third kappa shape index (κ3) is 11.6. The van der Waals surface area contributed by atoms with Crippen molar-refractivity contribution in [2.24, 2.45) is 0 Å². The zero-order valence-corrected chi connectivity index (χ0v) is 36.0. The molecule has 4 N–H and O–H groups in total. The summed E-state index contributed by atoms with van der Waals surface area (Å²) >= 11 is 3.02. The van der Waals surface area contributed by atoms with Crippen LogP contribution in [-0.2, 0) is 28.3 Å². The molecule has 3 heterocycles. The molecular weight excluding hydrogens is 893 g/mol. The summed E-state index contributed by atoms with van der Waals surface area (Å²) in [5.41, 5.74) is 8.79. The Morgan fingerprint density at radius 2 is 1.16 bits per heavy atom. The van der Waals surface area contributed by atoms with Gasteiger partial charge in [-0.2, -0.15) is 0 Å². The number of halogens is 3. The molecule has 20 nitrogen and oxygen atoms in total. The van der Waals surface area contributed by atoms with Crippen LogP contribution in [0.2, 0.25) is 0 Å². The first-order valence-electron chi connectivity index (χ1n) is 18.0. The lowest BCUT2D eigenvalue weighted by molar-refractivity contribution is -0.385. The molecular formula is C38H40BBrF2N6O14. The highest BCUT2D eigenvalue weighted by atomic mass is 79.9. The third-order valence-electron chi connectivity index (χ3n) is 8.96. The molecule has 5 rings (SSSR count). The number of ether oxygens (including phenoxy) is 4. The number of pyridine rings is 2. The molecule has 330 valence electrons. The summed E-state index contributed by atoms with van der Waals surface area (Å²) in [5.74, 6) is -4.78. The van der Waals surface area contributed by atoms with Crippen LogP contribution in [-0.4, -0.2) is 89.4 Å². The second-order valence-electron chi connectivity index (χ2n) is 13.5. The molecule has 24 heteroatoms. The van der Waals surface area contributed by atoms with E-state index in [0.717, 1.165) is 31.4 Å². The number of hydrogen-bond acceptors (Lipinski definition) is 18. The number of nitro groups is 2. The van der Waals surface area contributed by atoms with E-state index in [1.807, 2.05) is 27.7 Å². The number of nitrogens with zero attached hydrogens (tertiary/aromatic N) is 4. The van der Waals surface area contributed by atoms with Gasteiger partial charge in [0, 0.05) is 28.8 Å². The monoisotopic (exact) mass is 932 g/mol. The molecule has 1 aliphatic rings. The Morgan fingerprint density at radius 1 is 0.726 bits per heavy atom. The number of aromatic nitrogens is 2. The number of nitrogen functional groups attached to an aromatic ring is 2. The van der Waals surface area contributed by atoms with Crippen molar-refractivity contribution in [1.82, 2.24) is 9.97 Å². The van der Waals surface area contributed by atoms with Crippen LogP contribution in [0.25, 0.3) is 11.3 Å². The fraction of sp³-hybridized carbons (Fsp3) is 0.316. The number of hydrogen-bond donors (Lipinski definition) is 2. The Morgan fingerprint density at radius 3 is 1.61 bits per heavy atom. The molecule has 2 aromatic carbocycles. The molecule has 1 saturated heterocycles. The molecule has 4 aromatic rings. The fourth-order valence-corrected chi connectivity index (χ4v) is 5.53. The van der Waals surface area contributed by atoms with E-state index in [2.05, 4.69) is 40.1 Å². The first kappa shape index (κ1) is 49.7. The second kappa shape index (κ2) is 20.7. The van der Waals surface area contributed by atoms with Gasteiger partial charge in [0.15, 0.2) is 0 Å². The minimum absolute atomic E-state index is 0.0174. The summed E-state index contributed by atoms with van der Waals surface area (Å²) in [5, 5.41) is 21.7. The fourth-order valence-electron chi connectivity index (χ4n) is 5.22. The largest absolute Gasteiger partial charge is 0.497 e. The van der Waals surface area contributed by atoms with Crippen molar-refractivity contribution in [2.45, 2.75) is 52.7 Å². The van der Waals surface area contributed by atoms with Gasteiger partial charge in [0.1, 0.15) is 16.2 Å². The number of methoxy groups -OCH3 is 2. The molecule has 0 saturated carbocycles. The number of benzene rings is 2. The van der Waals surface area contributed by atoms with E-state index in [9.17, 15) is 48.2 Å². The first-order valence-corrected chi connectivity index (χ1v) is 18.7. The lowest BCUT2D eigenvalue weighted by atomic mass is 9.76. The van der Waals surface area contributed by atoms with E-state index in [0.29, 0.717) is 4.60 Å². The van der Waals surface area contributed by atoms with Gasteiger partial charge in [-0.3, -0.25) is 20.2 Å². The van der Waals surface area contributed by atoms with Gasteiger partial charge in [0.05, 0.1) is 71.0 Å². The standard InChI is InChI=1S/C16H14FN3O6.C14H19BFNO4.C8H7BrN2O4/c1-3-26-16(22)14-12(20(23)24)5-4-11(19-14)9-6-8(17)7-10(13(9)18)15(21)25-2;1-13(2)14(3,4)21-15(20-13)10-7-8(16)6-9(11(10)17)12(18)19-5;1-2-15-8(12)7-5(11(13)14)3-4-6(9)10-7/h4-7H,3,18H2,1-2H3;6-7H,17H2,1-5H3;3-4H,2H2,1H3. The minimum Gasteiger partial charge on any atom is -0.465 e. The van der Waals surface area contributed by atoms with Crippen LogP contribution in [0.1, 0.15) is 83.2 Å². The molecule has 1 fully saturated rings. The van der Waals surface area contributed by atoms with E-state index in [1.165, 1.54) is 38.3 Å². The molecule has 2 aromatic heterocycles. The predicted octanol–water partition coefficient (Wildman–Crippen LogP) is 5.76. The van der Waals surface area contributed by atoms with Crippen molar-refractivity contribution in [3.05, 3.63) is 108 Å². The molecule has 62 heavy (non-hydrogen) atoms. The molecule has 0 spiro atoms. The summed E-state index contributed by atoms with van der Waals surface area (Å²) in [7, 11) is 1.48. The average molecular weight is 933 g/mol. The molecule has 0 unspecified atom stereocenters. The minimum atomic E-state index is -1.01. The first-order chi connectivity index (χ1) is 28.9. The SMILES string of the molecule is CCOC(=O)c1nc(-c2cc(F)cc(C(=O)OC)c2N)ccc1[N+](=O)[O-].CCOC(=O)c1nc(Br)ccc1[N+](=O)[O-].COC(=O)c1cc(F)cc(B2OC(C)(C)C(C)(C)O2)c1N. The number of esters is 4. The van der Waals surface area contributed by atoms with Crippen LogP contribution < -0.4 is 16.9 Å². The van der Waals surface area contributed by atoms with E-state index < -0.39 is 75.1 Å². The van der Waals surface area contributed by atoms with Crippen molar-refractivity contribution in [1.29, 1.82) is 0 Å². The van der Waals surface area contributed by atoms with E-state index in [1.54, 1.807) is 6.92 Å². The summed E-state index contributed by atoms with van der Waals surface area (Å²) in [4.78, 5) is 74.5. The van der Waals surface area contributed by atoms with Crippen molar-refractivity contribution in [3.63, 3.8) is 0 Å². The highest BCUT2D eigenvalue weighted by Crippen LogP contribution is 2.37. The Kier molecular flexibility index (Phi) is 16.6. The Bertz CT molecular complexity index is 2390. The average Bonchev–Trinajstić information content (AvgIpc) is 3.44. The van der Waals surface area contributed by atoms with Crippen molar-refractivity contribution in [2.75, 3.05) is 38.9 Å². The smallest absolute Gasteiger partial charge is 0.465 e. The Hall–Kier alpha value is -6.66. The second-order valence-corrected chi connectivity index (χ2v) is 14.3. The molecule has 0 radical (unpaired) electrons. The molecule has 1 aliphatic heterocycles. The predicted molar refractivity (Wildman–Crippen MR) is 220 cm³/mol. The molecule has 0 bridgehead atoms. The topological polar surface area (TPSA) is 288 Å². The van der Waals surface area contributed by atoms with Gasteiger partial charge in [-0.05, 0) is 93.9 Å². The van der Waals surface area contributed by atoms with Gasteiger partial charge in [-0.25, -0.2) is 37.9 Å². The highest BCUT2D eigenvalue weighted by molar-refractivity contribution is 9.10. The summed E-state index contributed by atoms with van der Waals surface area (Å²) in [6.07, 6.45) is 0. The lowest BCUT2D eigenvalue weighted by Crippen LogP contribution is -2.41. The van der Waals surface area contributed by atoms with E-state index in [-0.39, 0.29) is 63.8 Å². The van der Waals surface area contributed by atoms with Crippen molar-refractivity contribution in [3.8, 4) is 11.3 Å². The molecule has 0 atom stereocenters. The zero-order valence-electron chi connectivity index (χ0n) is 34.4. The van der Waals surface area contributed by atoms with E-state index >= 15 is 0 Å². The van der Waals surface area contributed by atoms with Gasteiger partial charge in [-0.15, -0.1) is 0 Å². The summed E-state index contributed by atoms with van der Waals surface area (Å²) in [6.45, 7) is 10.8. The third-order valence-corrected chi connectivity index (χ3v) is 9.40. The maximum absolute atomic E-state index is 13.9.